The molecule has 0 atom stereocenters. The van der Waals surface area contributed by atoms with Gasteiger partial charge in [0.2, 0.25) is 0 Å². The third-order valence-corrected chi connectivity index (χ3v) is 1.47. The van der Waals surface area contributed by atoms with E-state index in [4.69, 9.17) is 10.2 Å². The Morgan fingerprint density at radius 2 is 1.17 bits per heavy atom. The van der Waals surface area contributed by atoms with Gasteiger partial charge in [-0.25, -0.2) is 9.59 Å². The van der Waals surface area contributed by atoms with E-state index in [1.807, 2.05) is 65.9 Å². The number of nitrogens with zero attached hydrogens (tertiary/aromatic N) is 2. The van der Waals surface area contributed by atoms with Crippen molar-refractivity contribution in [1.82, 2.24) is 9.80 Å². The number of hydrogen-bond donors (Lipinski definition) is 2. The Morgan fingerprint density at radius 1 is 0.913 bits per heavy atom. The van der Waals surface area contributed by atoms with Crippen LogP contribution in [0.2, 0.25) is 0 Å². The summed E-state index contributed by atoms with van der Waals surface area (Å²) in [5.74, 6) is -1.73. The van der Waals surface area contributed by atoms with Crippen molar-refractivity contribution in [2.24, 2.45) is 0 Å². The normalized spacial score (nSPS) is 9.61. The predicted octanol–water partition coefficient (Wildman–Crippen LogP) is 2.82. The van der Waals surface area contributed by atoms with Crippen molar-refractivity contribution >= 4 is 11.9 Å². The summed E-state index contributed by atoms with van der Waals surface area (Å²) >= 11 is 0. The van der Waals surface area contributed by atoms with E-state index in [1.165, 1.54) is 6.92 Å². The molecule has 0 bridgehead atoms. The molecule has 0 saturated heterocycles. The lowest BCUT2D eigenvalue weighted by molar-refractivity contribution is -0.133. The molecule has 23 heavy (non-hydrogen) atoms. The van der Waals surface area contributed by atoms with Crippen LogP contribution < -0.4 is 0 Å². The second-order valence-electron chi connectivity index (χ2n) is 5.57. The van der Waals surface area contributed by atoms with E-state index in [2.05, 4.69) is 6.58 Å². The summed E-state index contributed by atoms with van der Waals surface area (Å²) < 4.78 is 0. The summed E-state index contributed by atoms with van der Waals surface area (Å²) in [4.78, 5) is 23.9. The van der Waals surface area contributed by atoms with Crippen LogP contribution >= 0.6 is 0 Å². The molecule has 0 heterocycles. The van der Waals surface area contributed by atoms with Crippen LogP contribution in [0.4, 0.5) is 0 Å². The molecule has 0 saturated carbocycles. The first-order valence-electron chi connectivity index (χ1n) is 7.36. The van der Waals surface area contributed by atoms with Gasteiger partial charge in [-0.1, -0.05) is 26.5 Å². The lowest BCUT2D eigenvalue weighted by Crippen LogP contribution is -1.99. The van der Waals surface area contributed by atoms with Crippen molar-refractivity contribution < 1.29 is 19.8 Å². The molecule has 0 rings (SSSR count). The standard InChI is InChI=1S/C7H12O2.C4H6O2.2C3H9N/c1-3-5-6(4-2)7(8)9;1-3(2)4(5)6;2*1-4(2)3/h5H,3-4H2,1-2H3,(H,8,9);1H2,2H3,(H,5,6);2*1-3H3. The number of carboxylic acids is 2. The number of rotatable bonds is 4. The van der Waals surface area contributed by atoms with Crippen LogP contribution in [0.25, 0.3) is 0 Å². The van der Waals surface area contributed by atoms with Crippen molar-refractivity contribution in [2.75, 3.05) is 42.3 Å². The molecule has 6 nitrogen and oxygen atoms in total. The minimum absolute atomic E-state index is 0.176. The molecule has 0 aliphatic rings. The minimum Gasteiger partial charge on any atom is -0.478 e. The van der Waals surface area contributed by atoms with Gasteiger partial charge in [-0.3, -0.25) is 0 Å². The van der Waals surface area contributed by atoms with E-state index in [0.717, 1.165) is 6.42 Å². The summed E-state index contributed by atoms with van der Waals surface area (Å²) in [5, 5.41) is 16.3. The molecule has 0 aliphatic heterocycles. The van der Waals surface area contributed by atoms with Crippen LogP contribution in [-0.4, -0.2) is 74.2 Å². The SMILES string of the molecule is C=C(C)C(=O)O.CCC=C(CC)C(=O)O.CN(C)C.CN(C)C. The summed E-state index contributed by atoms with van der Waals surface area (Å²) in [6.07, 6.45) is 3.15. The van der Waals surface area contributed by atoms with E-state index in [9.17, 15) is 9.59 Å². The quantitative estimate of drug-likeness (QED) is 0.771. The molecular formula is C17H36N2O4. The van der Waals surface area contributed by atoms with Crippen LogP contribution in [0.3, 0.4) is 0 Å². The fourth-order valence-electron chi connectivity index (χ4n) is 0.629. The molecule has 0 aliphatic carbocycles. The number of carboxylic acid groups (broad SMARTS) is 2. The van der Waals surface area contributed by atoms with Crippen molar-refractivity contribution in [3.05, 3.63) is 23.8 Å². The molecule has 0 aromatic carbocycles. The maximum atomic E-state index is 10.3. The average Bonchev–Trinajstić information content (AvgIpc) is 2.34. The second-order valence-corrected chi connectivity index (χ2v) is 5.57. The molecule has 0 aromatic heterocycles. The number of hydrogen-bond acceptors (Lipinski definition) is 4. The van der Waals surface area contributed by atoms with Gasteiger partial charge in [0.15, 0.2) is 0 Å². The Labute approximate surface area is 142 Å². The Bertz CT molecular complexity index is 325. The summed E-state index contributed by atoms with van der Waals surface area (Å²) in [7, 11) is 12.0. The van der Waals surface area contributed by atoms with Crippen LogP contribution in [0.15, 0.2) is 23.8 Å². The first-order valence-corrected chi connectivity index (χ1v) is 7.36. The largest absolute Gasteiger partial charge is 0.478 e. The Morgan fingerprint density at radius 3 is 1.22 bits per heavy atom. The topological polar surface area (TPSA) is 81.1 Å². The van der Waals surface area contributed by atoms with Gasteiger partial charge in [0, 0.05) is 11.1 Å². The first-order chi connectivity index (χ1) is 10.3. The van der Waals surface area contributed by atoms with Gasteiger partial charge in [0.1, 0.15) is 0 Å². The zero-order valence-corrected chi connectivity index (χ0v) is 16.3. The highest BCUT2D eigenvalue weighted by molar-refractivity contribution is 5.86. The van der Waals surface area contributed by atoms with Gasteiger partial charge < -0.3 is 20.0 Å². The zero-order valence-electron chi connectivity index (χ0n) is 16.3. The molecule has 138 valence electrons. The number of carbonyl (C=O) groups is 2. The molecule has 0 radical (unpaired) electrons. The van der Waals surface area contributed by atoms with Gasteiger partial charge in [-0.15, -0.1) is 0 Å². The van der Waals surface area contributed by atoms with Crippen LogP contribution in [0, 0.1) is 0 Å². The smallest absolute Gasteiger partial charge is 0.331 e. The molecule has 6 heteroatoms. The van der Waals surface area contributed by atoms with Gasteiger partial charge in [0.25, 0.3) is 0 Å². The molecule has 2 N–H and O–H groups in total. The van der Waals surface area contributed by atoms with Gasteiger partial charge in [-0.05, 0) is 62.1 Å². The van der Waals surface area contributed by atoms with Crippen molar-refractivity contribution in [1.29, 1.82) is 0 Å². The lowest BCUT2D eigenvalue weighted by Gasteiger charge is -1.93. The molecule has 0 spiro atoms. The van der Waals surface area contributed by atoms with Crippen LogP contribution in [-0.2, 0) is 9.59 Å². The lowest BCUT2D eigenvalue weighted by atomic mass is 10.2. The third-order valence-electron chi connectivity index (χ3n) is 1.47. The second kappa shape index (κ2) is 20.3. The molecule has 0 aromatic rings. The maximum Gasteiger partial charge on any atom is 0.331 e. The van der Waals surface area contributed by atoms with Crippen molar-refractivity contribution in [3.63, 3.8) is 0 Å². The van der Waals surface area contributed by atoms with Crippen molar-refractivity contribution in [2.45, 2.75) is 33.6 Å². The maximum absolute atomic E-state index is 10.3. The Hall–Kier alpha value is -1.66. The van der Waals surface area contributed by atoms with Crippen molar-refractivity contribution in [3.8, 4) is 0 Å². The highest BCUT2D eigenvalue weighted by atomic mass is 16.4. The fraction of sp³-hybridized carbons (Fsp3) is 0.647. The zero-order chi connectivity index (χ0) is 19.6. The molecular weight excluding hydrogens is 296 g/mol. The van der Waals surface area contributed by atoms with Gasteiger partial charge in [-0.2, -0.15) is 0 Å². The van der Waals surface area contributed by atoms with Crippen LogP contribution in [0.1, 0.15) is 33.6 Å². The van der Waals surface area contributed by atoms with E-state index >= 15 is 0 Å². The number of aliphatic carboxylic acids is 2. The predicted molar refractivity (Wildman–Crippen MR) is 98.0 cm³/mol. The average molecular weight is 332 g/mol. The summed E-state index contributed by atoms with van der Waals surface area (Å²) in [5.41, 5.74) is 0.688. The Balaban J connectivity index is -0.000000112. The summed E-state index contributed by atoms with van der Waals surface area (Å²) in [6, 6.07) is 0. The fourth-order valence-corrected chi connectivity index (χ4v) is 0.629. The van der Waals surface area contributed by atoms with Gasteiger partial charge >= 0.3 is 11.9 Å². The minimum atomic E-state index is -0.935. The first kappa shape index (κ1) is 29.4. The van der Waals surface area contributed by atoms with Crippen LogP contribution in [0.5, 0.6) is 0 Å². The third kappa shape index (κ3) is 53.2. The number of allylic oxidation sites excluding steroid dienone is 1. The van der Waals surface area contributed by atoms with Gasteiger partial charge in [0.05, 0.1) is 0 Å². The summed E-state index contributed by atoms with van der Waals surface area (Å²) in [6.45, 7) is 8.37. The molecule has 0 unspecified atom stereocenters. The highest BCUT2D eigenvalue weighted by Crippen LogP contribution is 2.00. The van der Waals surface area contributed by atoms with E-state index in [1.54, 1.807) is 6.08 Å². The monoisotopic (exact) mass is 332 g/mol. The van der Waals surface area contributed by atoms with E-state index < -0.39 is 11.9 Å². The molecule has 0 amide bonds. The van der Waals surface area contributed by atoms with E-state index in [0.29, 0.717) is 12.0 Å². The molecule has 0 fully saturated rings. The Kier molecular flexibility index (Phi) is 26.0. The highest BCUT2D eigenvalue weighted by Gasteiger charge is 2.00. The van der Waals surface area contributed by atoms with E-state index in [-0.39, 0.29) is 5.57 Å².